The summed E-state index contributed by atoms with van der Waals surface area (Å²) in [5.74, 6) is 0.965. The Hall–Kier alpha value is -1.55. The van der Waals surface area contributed by atoms with Crippen LogP contribution in [-0.4, -0.2) is 25.5 Å². The van der Waals surface area contributed by atoms with E-state index in [2.05, 4.69) is 16.7 Å². The number of amides is 1. The highest BCUT2D eigenvalue weighted by molar-refractivity contribution is 5.76. The van der Waals surface area contributed by atoms with Crippen LogP contribution < -0.4 is 10.6 Å². The van der Waals surface area contributed by atoms with Crippen LogP contribution in [0.5, 0.6) is 0 Å². The monoisotopic (exact) mass is 248 g/mol. The molecule has 0 radical (unpaired) electrons. The minimum atomic E-state index is 0.0981. The molecule has 18 heavy (non-hydrogen) atoms. The highest BCUT2D eigenvalue weighted by Gasteiger charge is 2.05. The van der Waals surface area contributed by atoms with Crippen LogP contribution in [0.3, 0.4) is 0 Å². The van der Waals surface area contributed by atoms with Crippen LogP contribution in [0.2, 0.25) is 0 Å². The van der Waals surface area contributed by atoms with Crippen molar-refractivity contribution in [3.8, 4) is 0 Å². The molecule has 2 rings (SSSR count). The van der Waals surface area contributed by atoms with E-state index in [1.54, 1.807) is 6.26 Å². The molecule has 1 aliphatic heterocycles. The predicted octanol–water partition coefficient (Wildman–Crippen LogP) is 1.64. The molecule has 0 spiro atoms. The summed E-state index contributed by atoms with van der Waals surface area (Å²) in [6, 6.07) is 3.74. The highest BCUT2D eigenvalue weighted by Crippen LogP contribution is 2.08. The lowest BCUT2D eigenvalue weighted by Crippen LogP contribution is -2.26. The molecule has 0 aromatic carbocycles. The Bertz CT molecular complexity index is 396. The lowest BCUT2D eigenvalue weighted by molar-refractivity contribution is -0.121. The van der Waals surface area contributed by atoms with E-state index in [9.17, 15) is 4.79 Å². The molecule has 1 aromatic heterocycles. The second-order valence-electron chi connectivity index (χ2n) is 4.50. The molecule has 0 bridgehead atoms. The first kappa shape index (κ1) is 12.9. The molecule has 2 heterocycles. The zero-order chi connectivity index (χ0) is 12.6. The molecule has 0 fully saturated rings. The summed E-state index contributed by atoms with van der Waals surface area (Å²) in [4.78, 5) is 11.6. The number of nitrogens with one attached hydrogen (secondary N) is 2. The van der Waals surface area contributed by atoms with Crippen LogP contribution in [0.4, 0.5) is 0 Å². The first-order valence-electron chi connectivity index (χ1n) is 6.52. The maximum atomic E-state index is 11.6. The molecule has 1 aromatic rings. The molecule has 1 amide bonds. The lowest BCUT2D eigenvalue weighted by Gasteiger charge is -2.14. The normalized spacial score (nSPS) is 15.2. The Labute approximate surface area is 107 Å². The second-order valence-corrected chi connectivity index (χ2v) is 4.50. The number of aryl methyl sites for hydroxylation is 1. The Morgan fingerprint density at radius 2 is 2.39 bits per heavy atom. The fourth-order valence-electron chi connectivity index (χ4n) is 2.04. The number of rotatable bonds is 6. The zero-order valence-corrected chi connectivity index (χ0v) is 10.6. The average molecular weight is 248 g/mol. The van der Waals surface area contributed by atoms with E-state index in [4.69, 9.17) is 4.42 Å². The van der Waals surface area contributed by atoms with Crippen molar-refractivity contribution in [2.45, 2.75) is 25.7 Å². The van der Waals surface area contributed by atoms with Gasteiger partial charge in [0.25, 0.3) is 0 Å². The third-order valence-electron chi connectivity index (χ3n) is 3.10. The van der Waals surface area contributed by atoms with Crippen LogP contribution in [0.15, 0.2) is 34.5 Å². The van der Waals surface area contributed by atoms with Crippen LogP contribution in [-0.2, 0) is 11.2 Å². The summed E-state index contributed by atoms with van der Waals surface area (Å²) < 4.78 is 5.19. The van der Waals surface area contributed by atoms with Gasteiger partial charge in [-0.25, -0.2) is 0 Å². The Balaban J connectivity index is 1.58. The first-order chi connectivity index (χ1) is 8.84. The van der Waals surface area contributed by atoms with Gasteiger partial charge in [-0.2, -0.15) is 0 Å². The molecule has 4 heteroatoms. The summed E-state index contributed by atoms with van der Waals surface area (Å²) in [5.41, 5.74) is 1.44. The van der Waals surface area contributed by atoms with E-state index in [-0.39, 0.29) is 5.91 Å². The van der Waals surface area contributed by atoms with Crippen molar-refractivity contribution in [1.82, 2.24) is 10.6 Å². The Morgan fingerprint density at radius 1 is 1.44 bits per heavy atom. The smallest absolute Gasteiger partial charge is 0.220 e. The Kier molecular flexibility index (Phi) is 5.02. The maximum Gasteiger partial charge on any atom is 0.220 e. The van der Waals surface area contributed by atoms with Crippen LogP contribution in [0.25, 0.3) is 0 Å². The number of hydrogen-bond acceptors (Lipinski definition) is 3. The summed E-state index contributed by atoms with van der Waals surface area (Å²) in [6.07, 6.45) is 7.09. The molecule has 1 aliphatic rings. The summed E-state index contributed by atoms with van der Waals surface area (Å²) in [5, 5.41) is 6.23. The molecule has 2 N–H and O–H groups in total. The van der Waals surface area contributed by atoms with Crippen molar-refractivity contribution < 1.29 is 9.21 Å². The molecular weight excluding hydrogens is 228 g/mol. The largest absolute Gasteiger partial charge is 0.469 e. The van der Waals surface area contributed by atoms with E-state index in [1.165, 1.54) is 5.57 Å². The van der Waals surface area contributed by atoms with E-state index in [0.29, 0.717) is 12.8 Å². The van der Waals surface area contributed by atoms with Gasteiger partial charge in [-0.3, -0.25) is 4.79 Å². The topological polar surface area (TPSA) is 54.3 Å². The maximum absolute atomic E-state index is 11.6. The van der Waals surface area contributed by atoms with Gasteiger partial charge in [0.2, 0.25) is 5.91 Å². The van der Waals surface area contributed by atoms with E-state index in [1.807, 2.05) is 12.1 Å². The first-order valence-corrected chi connectivity index (χ1v) is 6.52. The fourth-order valence-corrected chi connectivity index (χ4v) is 2.04. The lowest BCUT2D eigenvalue weighted by atomic mass is 10.1. The third kappa shape index (κ3) is 4.37. The molecule has 0 aliphatic carbocycles. The zero-order valence-electron chi connectivity index (χ0n) is 10.6. The molecule has 0 unspecified atom stereocenters. The minimum Gasteiger partial charge on any atom is -0.469 e. The molecular formula is C14H20N2O2. The minimum absolute atomic E-state index is 0.0981. The molecule has 98 valence electrons. The number of carbonyl (C=O) groups is 1. The standard InChI is InChI=1S/C14H20N2O2/c17-14(4-3-13-2-1-11-18-13)16-10-7-12-5-8-15-9-6-12/h1-2,5,11,15H,3-4,6-10H2,(H,16,17). The molecule has 0 atom stereocenters. The van der Waals surface area contributed by atoms with Crippen molar-refractivity contribution in [3.05, 3.63) is 35.8 Å². The fraction of sp³-hybridized carbons (Fsp3) is 0.500. The van der Waals surface area contributed by atoms with Gasteiger partial charge < -0.3 is 15.1 Å². The summed E-state index contributed by atoms with van der Waals surface area (Å²) in [6.45, 7) is 2.75. The number of furan rings is 1. The van der Waals surface area contributed by atoms with Gasteiger partial charge in [0.05, 0.1) is 6.26 Å². The van der Waals surface area contributed by atoms with E-state index < -0.39 is 0 Å². The van der Waals surface area contributed by atoms with Crippen LogP contribution in [0, 0.1) is 0 Å². The number of hydrogen-bond donors (Lipinski definition) is 2. The van der Waals surface area contributed by atoms with Crippen molar-refractivity contribution in [1.29, 1.82) is 0 Å². The van der Waals surface area contributed by atoms with Crippen molar-refractivity contribution in [2.24, 2.45) is 0 Å². The van der Waals surface area contributed by atoms with E-state index >= 15 is 0 Å². The van der Waals surface area contributed by atoms with Gasteiger partial charge in [-0.15, -0.1) is 0 Å². The van der Waals surface area contributed by atoms with Gasteiger partial charge in [0.15, 0.2) is 0 Å². The van der Waals surface area contributed by atoms with Gasteiger partial charge in [-0.1, -0.05) is 11.6 Å². The molecule has 0 saturated carbocycles. The summed E-state index contributed by atoms with van der Waals surface area (Å²) >= 11 is 0. The van der Waals surface area contributed by atoms with Crippen molar-refractivity contribution in [3.63, 3.8) is 0 Å². The van der Waals surface area contributed by atoms with Gasteiger partial charge in [-0.05, 0) is 31.5 Å². The van der Waals surface area contributed by atoms with Crippen molar-refractivity contribution in [2.75, 3.05) is 19.6 Å². The van der Waals surface area contributed by atoms with Crippen LogP contribution >= 0.6 is 0 Å². The average Bonchev–Trinajstić information content (AvgIpc) is 2.91. The highest BCUT2D eigenvalue weighted by atomic mass is 16.3. The van der Waals surface area contributed by atoms with Gasteiger partial charge in [0.1, 0.15) is 5.76 Å². The molecule has 4 nitrogen and oxygen atoms in total. The van der Waals surface area contributed by atoms with E-state index in [0.717, 1.165) is 38.2 Å². The number of carbonyl (C=O) groups excluding carboxylic acids is 1. The van der Waals surface area contributed by atoms with Gasteiger partial charge in [0, 0.05) is 25.9 Å². The summed E-state index contributed by atoms with van der Waals surface area (Å²) in [7, 11) is 0. The Morgan fingerprint density at radius 3 is 3.11 bits per heavy atom. The third-order valence-corrected chi connectivity index (χ3v) is 3.10. The second kappa shape index (κ2) is 7.01. The van der Waals surface area contributed by atoms with Crippen molar-refractivity contribution >= 4 is 5.91 Å². The van der Waals surface area contributed by atoms with Crippen LogP contribution in [0.1, 0.15) is 25.0 Å². The SMILES string of the molecule is O=C(CCc1ccco1)NCCC1=CCNCC1. The quantitative estimate of drug-likeness (QED) is 0.752. The van der Waals surface area contributed by atoms with Gasteiger partial charge >= 0.3 is 0 Å². The molecule has 0 saturated heterocycles. The predicted molar refractivity (Wildman–Crippen MR) is 70.2 cm³/mol.